The Labute approximate surface area is 259 Å². The van der Waals surface area contributed by atoms with Crippen molar-refractivity contribution in [3.63, 3.8) is 0 Å². The van der Waals surface area contributed by atoms with Gasteiger partial charge in [-0.3, -0.25) is 0 Å². The second-order valence-corrected chi connectivity index (χ2v) is 11.7. The van der Waals surface area contributed by atoms with E-state index in [1.165, 1.54) is 72.0 Å². The molecule has 0 saturated carbocycles. The van der Waals surface area contributed by atoms with Gasteiger partial charge in [-0.15, -0.1) is 0 Å². The molecule has 0 unspecified atom stereocenters. The molecule has 0 radical (unpaired) electrons. The fourth-order valence-electron chi connectivity index (χ4n) is 7.23. The third-order valence-corrected chi connectivity index (χ3v) is 9.28. The first-order valence-corrected chi connectivity index (χ1v) is 15.5. The van der Waals surface area contributed by atoms with Crippen LogP contribution in [0.5, 0.6) is 0 Å². The first-order valence-electron chi connectivity index (χ1n) is 15.5. The summed E-state index contributed by atoms with van der Waals surface area (Å²) in [5.41, 5.74) is 11.3. The Balaban J connectivity index is 1.27. The van der Waals surface area contributed by atoms with Gasteiger partial charge in [0.25, 0.3) is 0 Å². The van der Waals surface area contributed by atoms with Crippen LogP contribution in [0.15, 0.2) is 152 Å². The van der Waals surface area contributed by atoms with Gasteiger partial charge < -0.3 is 9.80 Å². The molecule has 2 nitrogen and oxygen atoms in total. The van der Waals surface area contributed by atoms with E-state index in [2.05, 4.69) is 175 Å². The van der Waals surface area contributed by atoms with Gasteiger partial charge >= 0.3 is 0 Å². The lowest BCUT2D eigenvalue weighted by Crippen LogP contribution is -2.37. The molecule has 0 N–H and O–H groups in total. The summed E-state index contributed by atoms with van der Waals surface area (Å²) in [6, 6.07) is 55.4. The molecule has 0 spiro atoms. The van der Waals surface area contributed by atoms with Gasteiger partial charge in [0, 0.05) is 12.7 Å². The molecule has 1 heterocycles. The SMILES string of the molecule is CC[C@H]1N(C)c2ccccc2N1c1ccc(-c2c3ccccc3c(-c3ccc(-c4ccccc4)cc3)c3ccccc23)cc1. The van der Waals surface area contributed by atoms with Crippen molar-refractivity contribution in [1.82, 2.24) is 0 Å². The molecule has 212 valence electrons. The van der Waals surface area contributed by atoms with Crippen molar-refractivity contribution in [3.8, 4) is 33.4 Å². The van der Waals surface area contributed by atoms with Gasteiger partial charge in [-0.2, -0.15) is 0 Å². The zero-order chi connectivity index (χ0) is 29.6. The molecule has 1 aliphatic rings. The molecule has 0 fully saturated rings. The molecule has 2 heteroatoms. The summed E-state index contributed by atoms with van der Waals surface area (Å²) in [4.78, 5) is 4.88. The number of fused-ring (bicyclic) bond motifs is 3. The van der Waals surface area contributed by atoms with Crippen LogP contribution in [0.25, 0.3) is 54.9 Å². The number of benzene rings is 7. The quantitative estimate of drug-likeness (QED) is 0.191. The molecule has 8 rings (SSSR count). The minimum absolute atomic E-state index is 0.299. The van der Waals surface area contributed by atoms with Crippen LogP contribution in [0.4, 0.5) is 17.1 Å². The Morgan fingerprint density at radius 3 is 1.36 bits per heavy atom. The van der Waals surface area contributed by atoms with Crippen LogP contribution in [0, 0.1) is 0 Å². The van der Waals surface area contributed by atoms with E-state index in [0.29, 0.717) is 6.17 Å². The molecule has 44 heavy (non-hydrogen) atoms. The van der Waals surface area contributed by atoms with Gasteiger partial charge in [-0.25, -0.2) is 0 Å². The smallest absolute Gasteiger partial charge is 0.106 e. The molecule has 0 aromatic heterocycles. The predicted octanol–water partition coefficient (Wildman–Crippen LogP) is 11.3. The summed E-state index contributed by atoms with van der Waals surface area (Å²) >= 11 is 0. The maximum Gasteiger partial charge on any atom is 0.106 e. The summed E-state index contributed by atoms with van der Waals surface area (Å²) in [7, 11) is 2.20. The van der Waals surface area contributed by atoms with Gasteiger partial charge in [0.2, 0.25) is 0 Å². The first-order chi connectivity index (χ1) is 21.7. The molecule has 0 amide bonds. The first kappa shape index (κ1) is 26.3. The summed E-state index contributed by atoms with van der Waals surface area (Å²) < 4.78 is 0. The molecule has 0 bridgehead atoms. The molecule has 7 aromatic carbocycles. The van der Waals surface area contributed by atoms with Crippen LogP contribution in [0.1, 0.15) is 13.3 Å². The topological polar surface area (TPSA) is 6.48 Å². The Bertz CT molecular complexity index is 2050. The van der Waals surface area contributed by atoms with Gasteiger partial charge in [0.05, 0.1) is 11.4 Å². The minimum atomic E-state index is 0.299. The highest BCUT2D eigenvalue weighted by Crippen LogP contribution is 2.46. The standard InChI is InChI=1S/C42H34N2/c1-3-40-43(2)38-19-11-12-20-39(38)44(40)33-27-25-32(26-28-33)42-36-17-9-7-15-34(36)41(35-16-8-10-18-37(35)42)31-23-21-30(22-24-31)29-13-5-4-6-14-29/h4-28,40H,3H2,1-2H3/t40-/m0/s1. The summed E-state index contributed by atoms with van der Waals surface area (Å²) in [5, 5.41) is 5.11. The van der Waals surface area contributed by atoms with Crippen molar-refractivity contribution in [1.29, 1.82) is 0 Å². The maximum absolute atomic E-state index is 2.48. The Morgan fingerprint density at radius 2 is 0.841 bits per heavy atom. The third-order valence-electron chi connectivity index (χ3n) is 9.28. The molecular weight excluding hydrogens is 532 g/mol. The van der Waals surface area contributed by atoms with Crippen molar-refractivity contribution in [3.05, 3.63) is 152 Å². The summed E-state index contributed by atoms with van der Waals surface area (Å²) in [6.45, 7) is 2.27. The summed E-state index contributed by atoms with van der Waals surface area (Å²) in [6.07, 6.45) is 1.34. The van der Waals surface area contributed by atoms with E-state index in [9.17, 15) is 0 Å². The van der Waals surface area contributed by atoms with Gasteiger partial charge in [0.15, 0.2) is 0 Å². The molecule has 0 aliphatic carbocycles. The lowest BCUT2D eigenvalue weighted by Gasteiger charge is -2.30. The number of rotatable bonds is 5. The van der Waals surface area contributed by atoms with Crippen molar-refractivity contribution in [2.75, 3.05) is 16.8 Å². The molecule has 0 saturated heterocycles. The van der Waals surface area contributed by atoms with Crippen molar-refractivity contribution < 1.29 is 0 Å². The number of hydrogen-bond donors (Lipinski definition) is 0. The van der Waals surface area contributed by atoms with Crippen LogP contribution in [-0.4, -0.2) is 13.2 Å². The van der Waals surface area contributed by atoms with E-state index >= 15 is 0 Å². The van der Waals surface area contributed by atoms with E-state index in [-0.39, 0.29) is 0 Å². The highest BCUT2D eigenvalue weighted by atomic mass is 15.4. The fraction of sp³-hybridized carbons (Fsp3) is 0.0952. The van der Waals surface area contributed by atoms with Crippen LogP contribution in [0.3, 0.4) is 0 Å². The van der Waals surface area contributed by atoms with Gasteiger partial charge in [-0.05, 0) is 85.6 Å². The monoisotopic (exact) mass is 566 g/mol. The number of para-hydroxylation sites is 2. The van der Waals surface area contributed by atoms with E-state index < -0.39 is 0 Å². The van der Waals surface area contributed by atoms with E-state index in [1.54, 1.807) is 0 Å². The van der Waals surface area contributed by atoms with E-state index in [4.69, 9.17) is 0 Å². The zero-order valence-corrected chi connectivity index (χ0v) is 25.1. The highest BCUT2D eigenvalue weighted by Gasteiger charge is 2.33. The minimum Gasteiger partial charge on any atom is -0.352 e. The van der Waals surface area contributed by atoms with Crippen LogP contribution in [-0.2, 0) is 0 Å². The maximum atomic E-state index is 2.48. The second kappa shape index (κ2) is 10.7. The Kier molecular flexibility index (Phi) is 6.42. The number of nitrogens with zero attached hydrogens (tertiary/aromatic N) is 2. The molecule has 7 aromatic rings. The molecule has 1 aliphatic heterocycles. The third kappa shape index (κ3) is 4.18. The lowest BCUT2D eigenvalue weighted by atomic mass is 9.85. The fourth-order valence-corrected chi connectivity index (χ4v) is 7.23. The van der Waals surface area contributed by atoms with Crippen molar-refractivity contribution >= 4 is 38.6 Å². The Morgan fingerprint density at radius 1 is 0.432 bits per heavy atom. The normalized spacial score (nSPS) is 14.4. The second-order valence-electron chi connectivity index (χ2n) is 11.7. The Hall–Kier alpha value is -5.34. The van der Waals surface area contributed by atoms with Crippen LogP contribution in [0.2, 0.25) is 0 Å². The van der Waals surface area contributed by atoms with Gasteiger partial charge in [-0.1, -0.05) is 134 Å². The van der Waals surface area contributed by atoms with Crippen LogP contribution < -0.4 is 9.80 Å². The predicted molar refractivity (Wildman–Crippen MR) is 189 cm³/mol. The number of anilines is 3. The van der Waals surface area contributed by atoms with E-state index in [0.717, 1.165) is 6.42 Å². The lowest BCUT2D eigenvalue weighted by molar-refractivity contribution is 0.647. The van der Waals surface area contributed by atoms with Crippen molar-refractivity contribution in [2.45, 2.75) is 19.5 Å². The van der Waals surface area contributed by atoms with Crippen molar-refractivity contribution in [2.24, 2.45) is 0 Å². The van der Waals surface area contributed by atoms with E-state index in [1.807, 2.05) is 0 Å². The van der Waals surface area contributed by atoms with Gasteiger partial charge in [0.1, 0.15) is 6.17 Å². The zero-order valence-electron chi connectivity index (χ0n) is 25.1. The number of hydrogen-bond acceptors (Lipinski definition) is 2. The van der Waals surface area contributed by atoms with Crippen LogP contribution >= 0.6 is 0 Å². The molecule has 1 atom stereocenters. The summed E-state index contributed by atoms with van der Waals surface area (Å²) in [5.74, 6) is 0. The average Bonchev–Trinajstić information content (AvgIpc) is 3.39. The molecular formula is C42H34N2. The average molecular weight is 567 g/mol. The largest absolute Gasteiger partial charge is 0.352 e. The highest BCUT2D eigenvalue weighted by molar-refractivity contribution is 6.21.